The van der Waals surface area contributed by atoms with E-state index in [0.717, 1.165) is 43.0 Å². The van der Waals surface area contributed by atoms with Crippen molar-refractivity contribution in [3.8, 4) is 0 Å². The van der Waals surface area contributed by atoms with Crippen molar-refractivity contribution in [1.82, 2.24) is 29.6 Å². The number of hydrogen-bond acceptors (Lipinski definition) is 7. The van der Waals surface area contributed by atoms with E-state index >= 15 is 0 Å². The third kappa shape index (κ3) is 4.66. The minimum Gasteiger partial charge on any atom is -0.365 e. The first kappa shape index (κ1) is 20.4. The van der Waals surface area contributed by atoms with Crippen molar-refractivity contribution in [3.05, 3.63) is 41.0 Å². The Labute approximate surface area is 171 Å². The van der Waals surface area contributed by atoms with Crippen LogP contribution < -0.4 is 4.72 Å². The van der Waals surface area contributed by atoms with Crippen molar-refractivity contribution >= 4 is 10.0 Å². The van der Waals surface area contributed by atoms with Crippen LogP contribution in [0.4, 0.5) is 0 Å². The summed E-state index contributed by atoms with van der Waals surface area (Å²) < 4.78 is 34.5. The zero-order chi connectivity index (χ0) is 20.5. The zero-order valence-electron chi connectivity index (χ0n) is 17.0. The SMILES string of the molecule is CCCS(=O)(=O)NCc1nnn2c1COC1(CCN(Cc3ccc(C)cn3)C1)C2. The summed E-state index contributed by atoms with van der Waals surface area (Å²) in [5.74, 6) is 0.113. The van der Waals surface area contributed by atoms with Gasteiger partial charge in [-0.2, -0.15) is 0 Å². The molecular formula is C19H28N6O3S. The van der Waals surface area contributed by atoms with Gasteiger partial charge in [-0.3, -0.25) is 9.88 Å². The van der Waals surface area contributed by atoms with E-state index in [4.69, 9.17) is 4.74 Å². The van der Waals surface area contributed by atoms with Crippen LogP contribution in [0.5, 0.6) is 0 Å². The standard InChI is InChI=1S/C19H28N6O3S/c1-3-8-29(26,27)21-10-17-18-12-28-19(14-25(18)23-22-17)6-7-24(13-19)11-16-5-4-15(2)9-20-16/h4-5,9,21H,3,6-8,10-14H2,1-2H3. The lowest BCUT2D eigenvalue weighted by atomic mass is 10.0. The topological polar surface area (TPSA) is 102 Å². The van der Waals surface area contributed by atoms with E-state index in [1.165, 1.54) is 0 Å². The van der Waals surface area contributed by atoms with E-state index in [-0.39, 0.29) is 17.9 Å². The number of pyridine rings is 1. The highest BCUT2D eigenvalue weighted by Crippen LogP contribution is 2.33. The van der Waals surface area contributed by atoms with E-state index in [1.807, 2.05) is 24.7 Å². The molecule has 10 heteroatoms. The van der Waals surface area contributed by atoms with Crippen molar-refractivity contribution in [1.29, 1.82) is 0 Å². The Hall–Kier alpha value is -1.88. The molecule has 0 amide bonds. The lowest BCUT2D eigenvalue weighted by Gasteiger charge is -2.34. The van der Waals surface area contributed by atoms with Crippen LogP contribution in [0.3, 0.4) is 0 Å². The van der Waals surface area contributed by atoms with Crippen molar-refractivity contribution in [2.75, 3.05) is 18.8 Å². The molecule has 158 valence electrons. The van der Waals surface area contributed by atoms with E-state index in [2.05, 4.69) is 37.1 Å². The van der Waals surface area contributed by atoms with Gasteiger partial charge in [0.25, 0.3) is 0 Å². The van der Waals surface area contributed by atoms with Crippen molar-refractivity contribution in [2.24, 2.45) is 0 Å². The third-order valence-electron chi connectivity index (χ3n) is 5.56. The summed E-state index contributed by atoms with van der Waals surface area (Å²) >= 11 is 0. The molecule has 0 aromatic carbocycles. The molecule has 4 rings (SSSR count). The van der Waals surface area contributed by atoms with Gasteiger partial charge in [0.05, 0.1) is 36.8 Å². The Kier molecular flexibility index (Phi) is 5.69. The normalized spacial score (nSPS) is 22.3. The van der Waals surface area contributed by atoms with E-state index in [0.29, 0.717) is 25.3 Å². The van der Waals surface area contributed by atoms with Crippen LogP contribution in [-0.4, -0.2) is 57.7 Å². The van der Waals surface area contributed by atoms with Crippen LogP contribution in [0.1, 0.15) is 42.4 Å². The van der Waals surface area contributed by atoms with Crippen molar-refractivity contribution < 1.29 is 13.2 Å². The number of likely N-dealkylation sites (tertiary alicyclic amines) is 1. The predicted octanol–water partition coefficient (Wildman–Crippen LogP) is 0.986. The third-order valence-corrected chi connectivity index (χ3v) is 7.09. The fourth-order valence-corrected chi connectivity index (χ4v) is 5.02. The monoisotopic (exact) mass is 420 g/mol. The maximum Gasteiger partial charge on any atom is 0.211 e. The first-order chi connectivity index (χ1) is 13.9. The van der Waals surface area contributed by atoms with Gasteiger partial charge < -0.3 is 4.74 Å². The summed E-state index contributed by atoms with van der Waals surface area (Å²) in [5, 5.41) is 8.46. The fourth-order valence-electron chi connectivity index (χ4n) is 3.98. The molecule has 9 nitrogen and oxygen atoms in total. The molecular weight excluding hydrogens is 392 g/mol. The van der Waals surface area contributed by atoms with Gasteiger partial charge in [-0.25, -0.2) is 17.8 Å². The fraction of sp³-hybridized carbons (Fsp3) is 0.632. The predicted molar refractivity (Wildman–Crippen MR) is 107 cm³/mol. The second-order valence-electron chi connectivity index (χ2n) is 8.04. The lowest BCUT2D eigenvalue weighted by molar-refractivity contribution is -0.0845. The zero-order valence-corrected chi connectivity index (χ0v) is 17.8. The summed E-state index contributed by atoms with van der Waals surface area (Å²) in [5.41, 5.74) is 3.44. The number of rotatable bonds is 7. The number of sulfonamides is 1. The molecule has 2 aromatic heterocycles. The minimum atomic E-state index is -3.28. The van der Waals surface area contributed by atoms with Crippen molar-refractivity contribution in [3.63, 3.8) is 0 Å². The maximum absolute atomic E-state index is 11.9. The molecule has 1 saturated heterocycles. The molecule has 0 radical (unpaired) electrons. The summed E-state index contributed by atoms with van der Waals surface area (Å²) in [6.45, 7) is 7.63. The maximum atomic E-state index is 11.9. The molecule has 2 aliphatic heterocycles. The van der Waals surface area contributed by atoms with Gasteiger partial charge >= 0.3 is 0 Å². The Bertz CT molecular complexity index is 959. The number of aryl methyl sites for hydroxylation is 1. The summed E-state index contributed by atoms with van der Waals surface area (Å²) in [6, 6.07) is 4.16. The molecule has 1 atom stereocenters. The highest BCUT2D eigenvalue weighted by Gasteiger charge is 2.43. The summed E-state index contributed by atoms with van der Waals surface area (Å²) in [4.78, 5) is 6.86. The smallest absolute Gasteiger partial charge is 0.211 e. The molecule has 2 aromatic rings. The molecule has 0 saturated carbocycles. The Morgan fingerprint density at radius 3 is 2.93 bits per heavy atom. The first-order valence-electron chi connectivity index (χ1n) is 10.0. The summed E-state index contributed by atoms with van der Waals surface area (Å²) in [6.07, 6.45) is 3.40. The van der Waals surface area contributed by atoms with Gasteiger partial charge in [0.15, 0.2) is 0 Å². The number of nitrogens with one attached hydrogen (secondary N) is 1. The number of ether oxygens (including phenoxy) is 1. The van der Waals surface area contributed by atoms with E-state index in [1.54, 1.807) is 0 Å². The highest BCUT2D eigenvalue weighted by atomic mass is 32.2. The van der Waals surface area contributed by atoms with Gasteiger partial charge in [0.2, 0.25) is 10.0 Å². The number of hydrogen-bond donors (Lipinski definition) is 1. The Balaban J connectivity index is 1.38. The van der Waals surface area contributed by atoms with Crippen LogP contribution in [0, 0.1) is 6.92 Å². The van der Waals surface area contributed by atoms with E-state index in [9.17, 15) is 8.42 Å². The second-order valence-corrected chi connectivity index (χ2v) is 9.97. The number of fused-ring (bicyclic) bond motifs is 1. The second kappa shape index (κ2) is 8.10. The molecule has 2 aliphatic rings. The molecule has 0 bridgehead atoms. The number of nitrogens with zero attached hydrogens (tertiary/aromatic N) is 5. The molecule has 1 N–H and O–H groups in total. The van der Waals surface area contributed by atoms with Gasteiger partial charge in [-0.05, 0) is 31.4 Å². The molecule has 1 fully saturated rings. The molecule has 1 unspecified atom stereocenters. The Morgan fingerprint density at radius 1 is 1.31 bits per heavy atom. The average molecular weight is 421 g/mol. The van der Waals surface area contributed by atoms with Crippen LogP contribution in [0.15, 0.2) is 18.3 Å². The lowest BCUT2D eigenvalue weighted by Crippen LogP contribution is -2.44. The highest BCUT2D eigenvalue weighted by molar-refractivity contribution is 7.89. The molecule has 4 heterocycles. The minimum absolute atomic E-state index is 0.113. The van der Waals surface area contributed by atoms with Crippen molar-refractivity contribution in [2.45, 2.75) is 58.5 Å². The Morgan fingerprint density at radius 2 is 2.17 bits per heavy atom. The van der Waals surface area contributed by atoms with Gasteiger partial charge in [-0.15, -0.1) is 5.10 Å². The van der Waals surface area contributed by atoms with Crippen LogP contribution in [-0.2, 0) is 41.0 Å². The molecule has 29 heavy (non-hydrogen) atoms. The van der Waals surface area contributed by atoms with Gasteiger partial charge in [-0.1, -0.05) is 18.2 Å². The summed E-state index contributed by atoms with van der Waals surface area (Å²) in [7, 11) is -3.28. The van der Waals surface area contributed by atoms with Gasteiger partial charge in [0, 0.05) is 25.8 Å². The number of aromatic nitrogens is 4. The van der Waals surface area contributed by atoms with Crippen LogP contribution >= 0.6 is 0 Å². The first-order valence-corrected chi connectivity index (χ1v) is 11.7. The van der Waals surface area contributed by atoms with Gasteiger partial charge in [0.1, 0.15) is 11.3 Å². The molecule has 0 aliphatic carbocycles. The average Bonchev–Trinajstić information content (AvgIpc) is 3.26. The molecule has 1 spiro atoms. The van der Waals surface area contributed by atoms with Crippen LogP contribution in [0.2, 0.25) is 0 Å². The largest absolute Gasteiger partial charge is 0.365 e. The van der Waals surface area contributed by atoms with Crippen LogP contribution in [0.25, 0.3) is 0 Å². The quantitative estimate of drug-likeness (QED) is 0.712. The van der Waals surface area contributed by atoms with E-state index < -0.39 is 10.0 Å².